The lowest BCUT2D eigenvalue weighted by Gasteiger charge is -2.27. The van der Waals surface area contributed by atoms with Gasteiger partial charge in [-0.1, -0.05) is 48.5 Å². The fraction of sp³-hybridized carbons (Fsp3) is 0.200. The van der Waals surface area contributed by atoms with E-state index in [1.54, 1.807) is 0 Å². The molecule has 2 aliphatic rings. The van der Waals surface area contributed by atoms with E-state index in [0.717, 1.165) is 47.4 Å². The standard InChI is InChI=1S/C25H19ClN2O/c1-27-21-7-4-6-17(13-21)18-9-10-19-15-25(24(28-26)22(19)14-18)11-12-29-23-8-3-2-5-20(23)16-25/h2-10,13-14H,11-12,15-16H2/b28-24-. The van der Waals surface area contributed by atoms with E-state index in [1.807, 2.05) is 36.4 Å². The van der Waals surface area contributed by atoms with Crippen molar-refractivity contribution >= 4 is 23.2 Å². The highest BCUT2D eigenvalue weighted by Gasteiger charge is 2.45. The highest BCUT2D eigenvalue weighted by atomic mass is 35.5. The summed E-state index contributed by atoms with van der Waals surface area (Å²) in [5, 5.41) is 0. The van der Waals surface area contributed by atoms with Crippen molar-refractivity contribution in [1.29, 1.82) is 0 Å². The van der Waals surface area contributed by atoms with Crippen LogP contribution in [0.2, 0.25) is 0 Å². The zero-order chi connectivity index (χ0) is 19.8. The van der Waals surface area contributed by atoms with Crippen molar-refractivity contribution in [1.82, 2.24) is 0 Å². The molecule has 0 N–H and O–H groups in total. The van der Waals surface area contributed by atoms with E-state index in [0.29, 0.717) is 12.3 Å². The highest BCUT2D eigenvalue weighted by molar-refractivity contribution is 6.25. The highest BCUT2D eigenvalue weighted by Crippen LogP contribution is 2.47. The molecule has 0 radical (unpaired) electrons. The molecule has 3 aromatic carbocycles. The summed E-state index contributed by atoms with van der Waals surface area (Å²) in [5.41, 5.74) is 7.16. The third-order valence-electron chi connectivity index (χ3n) is 6.13. The van der Waals surface area contributed by atoms with Gasteiger partial charge >= 0.3 is 0 Å². The second kappa shape index (κ2) is 7.06. The lowest BCUT2D eigenvalue weighted by Crippen LogP contribution is -2.31. The Labute approximate surface area is 175 Å². The van der Waals surface area contributed by atoms with Gasteiger partial charge in [-0.05, 0) is 59.7 Å². The summed E-state index contributed by atoms with van der Waals surface area (Å²) < 4.78 is 10.3. The number of hydrogen-bond acceptors (Lipinski definition) is 2. The van der Waals surface area contributed by atoms with Crippen molar-refractivity contribution in [2.45, 2.75) is 19.3 Å². The van der Waals surface area contributed by atoms with Gasteiger partial charge in [0.1, 0.15) is 5.75 Å². The van der Waals surface area contributed by atoms with Gasteiger partial charge in [-0.15, -0.1) is 0 Å². The molecular weight excluding hydrogens is 380 g/mol. The van der Waals surface area contributed by atoms with Gasteiger partial charge in [0.2, 0.25) is 0 Å². The van der Waals surface area contributed by atoms with Crippen LogP contribution in [0.4, 0.5) is 5.69 Å². The van der Waals surface area contributed by atoms with Crippen molar-refractivity contribution in [2.75, 3.05) is 6.61 Å². The number of halogens is 1. The zero-order valence-electron chi connectivity index (χ0n) is 15.9. The summed E-state index contributed by atoms with van der Waals surface area (Å²) in [4.78, 5) is 3.55. The van der Waals surface area contributed by atoms with Gasteiger partial charge in [0.15, 0.2) is 5.69 Å². The molecule has 1 unspecified atom stereocenters. The SMILES string of the molecule is [C-]#[N+]c1cccc(-c2ccc3c(c2)/C(=N/Cl)C2(CCOc4ccccc4C2)C3)c1. The van der Waals surface area contributed by atoms with Crippen molar-refractivity contribution in [3.05, 3.63) is 94.8 Å². The maximum absolute atomic E-state index is 7.27. The molecule has 4 heteroatoms. The molecule has 3 nitrogen and oxygen atoms in total. The minimum atomic E-state index is -0.145. The third-order valence-corrected chi connectivity index (χ3v) is 6.30. The molecule has 5 rings (SSSR count). The van der Waals surface area contributed by atoms with Crippen LogP contribution in [0, 0.1) is 12.0 Å². The monoisotopic (exact) mass is 398 g/mol. The molecule has 0 aromatic heterocycles. The van der Waals surface area contributed by atoms with Gasteiger partial charge in [-0.3, -0.25) is 0 Å². The Hall–Kier alpha value is -3.09. The quantitative estimate of drug-likeness (QED) is 0.434. The summed E-state index contributed by atoms with van der Waals surface area (Å²) >= 11 is 6.19. The predicted octanol–water partition coefficient (Wildman–Crippen LogP) is 6.41. The van der Waals surface area contributed by atoms with E-state index in [-0.39, 0.29) is 5.41 Å². The first-order valence-corrected chi connectivity index (χ1v) is 10.1. The second-order valence-corrected chi connectivity index (χ2v) is 7.98. The Morgan fingerprint density at radius 3 is 2.62 bits per heavy atom. The van der Waals surface area contributed by atoms with Crippen LogP contribution in [0.15, 0.2) is 71.2 Å². The van der Waals surface area contributed by atoms with Crippen LogP contribution in [0.3, 0.4) is 0 Å². The van der Waals surface area contributed by atoms with Crippen LogP contribution < -0.4 is 4.74 Å². The second-order valence-electron chi connectivity index (χ2n) is 7.81. The molecule has 3 aromatic rings. The van der Waals surface area contributed by atoms with E-state index in [1.165, 1.54) is 11.1 Å². The molecule has 1 aliphatic carbocycles. The molecule has 1 atom stereocenters. The topological polar surface area (TPSA) is 25.9 Å². The Balaban J connectivity index is 1.57. The number of rotatable bonds is 1. The first-order chi connectivity index (χ1) is 14.2. The molecule has 0 fully saturated rings. The lowest BCUT2D eigenvalue weighted by atomic mass is 9.75. The van der Waals surface area contributed by atoms with Crippen molar-refractivity contribution in [3.63, 3.8) is 0 Å². The van der Waals surface area contributed by atoms with E-state index < -0.39 is 0 Å². The summed E-state index contributed by atoms with van der Waals surface area (Å²) in [6, 6.07) is 22.4. The van der Waals surface area contributed by atoms with Crippen molar-refractivity contribution < 1.29 is 4.74 Å². The molecule has 1 aliphatic heterocycles. The molecule has 142 valence electrons. The van der Waals surface area contributed by atoms with E-state index >= 15 is 0 Å². The Morgan fingerprint density at radius 1 is 0.931 bits per heavy atom. The number of benzene rings is 3. The average molecular weight is 399 g/mol. The maximum atomic E-state index is 7.27. The summed E-state index contributed by atoms with van der Waals surface area (Å²) in [5.74, 6) is 0.964. The molecular formula is C25H19ClN2O. The summed E-state index contributed by atoms with van der Waals surface area (Å²) in [6.07, 6.45) is 2.66. The van der Waals surface area contributed by atoms with Gasteiger partial charge in [-0.25, -0.2) is 4.85 Å². The van der Waals surface area contributed by atoms with Gasteiger partial charge in [0, 0.05) is 22.8 Å². The number of fused-ring (bicyclic) bond motifs is 2. The molecule has 1 spiro atoms. The average Bonchev–Trinajstić information content (AvgIpc) is 2.93. The molecule has 29 heavy (non-hydrogen) atoms. The lowest BCUT2D eigenvalue weighted by molar-refractivity contribution is 0.273. The maximum Gasteiger partial charge on any atom is 0.187 e. The Bertz CT molecular complexity index is 1180. The molecule has 1 heterocycles. The van der Waals surface area contributed by atoms with Crippen LogP contribution in [-0.4, -0.2) is 12.3 Å². The van der Waals surface area contributed by atoms with Crippen LogP contribution in [0.1, 0.15) is 23.1 Å². The number of ether oxygens (including phenoxy) is 1. The first-order valence-electron chi connectivity index (χ1n) is 9.74. The summed E-state index contributed by atoms with van der Waals surface area (Å²) in [6.45, 7) is 7.93. The third kappa shape index (κ3) is 3.01. The number of nitrogens with zero attached hydrogens (tertiary/aromatic N) is 2. The number of para-hydroxylation sites is 1. The van der Waals surface area contributed by atoms with Crippen LogP contribution in [0.5, 0.6) is 5.75 Å². The molecule has 0 amide bonds. The normalized spacial score (nSPS) is 21.2. The van der Waals surface area contributed by atoms with E-state index in [4.69, 9.17) is 23.1 Å². The van der Waals surface area contributed by atoms with Gasteiger partial charge in [-0.2, -0.15) is 4.51 Å². The first kappa shape index (κ1) is 18.0. The van der Waals surface area contributed by atoms with Gasteiger partial charge in [0.25, 0.3) is 0 Å². The van der Waals surface area contributed by atoms with E-state index in [2.05, 4.69) is 39.7 Å². The molecule has 0 saturated heterocycles. The van der Waals surface area contributed by atoms with Crippen LogP contribution in [0.25, 0.3) is 16.0 Å². The minimum Gasteiger partial charge on any atom is -0.493 e. The van der Waals surface area contributed by atoms with E-state index in [9.17, 15) is 0 Å². The van der Waals surface area contributed by atoms with Crippen molar-refractivity contribution in [3.8, 4) is 16.9 Å². The smallest absolute Gasteiger partial charge is 0.187 e. The van der Waals surface area contributed by atoms with Crippen molar-refractivity contribution in [2.24, 2.45) is 9.93 Å². The molecule has 0 bridgehead atoms. The van der Waals surface area contributed by atoms with Gasteiger partial charge < -0.3 is 4.74 Å². The Kier molecular flexibility index (Phi) is 4.38. The fourth-order valence-electron chi connectivity index (χ4n) is 4.71. The van der Waals surface area contributed by atoms with Crippen LogP contribution >= 0.6 is 11.8 Å². The largest absolute Gasteiger partial charge is 0.493 e. The fourth-order valence-corrected chi connectivity index (χ4v) is 4.98. The number of hydrogen-bond donors (Lipinski definition) is 0. The Morgan fingerprint density at radius 2 is 1.76 bits per heavy atom. The zero-order valence-corrected chi connectivity index (χ0v) is 16.6. The molecule has 0 saturated carbocycles. The summed E-state index contributed by atoms with van der Waals surface area (Å²) in [7, 11) is 0. The predicted molar refractivity (Wildman–Crippen MR) is 117 cm³/mol. The van der Waals surface area contributed by atoms with Gasteiger partial charge in [0.05, 0.1) is 18.9 Å². The minimum absolute atomic E-state index is 0.145. The van der Waals surface area contributed by atoms with Crippen LogP contribution in [-0.2, 0) is 12.8 Å².